The highest BCUT2D eigenvalue weighted by Crippen LogP contribution is 2.43. The molecule has 0 bridgehead atoms. The van der Waals surface area contributed by atoms with Gasteiger partial charge < -0.3 is 14.7 Å². The number of carboxylic acids is 1. The van der Waals surface area contributed by atoms with Crippen molar-refractivity contribution < 1.29 is 19.4 Å². The van der Waals surface area contributed by atoms with Gasteiger partial charge in [0, 0.05) is 5.02 Å². The Kier molecular flexibility index (Phi) is 7.06. The first-order valence-corrected chi connectivity index (χ1v) is 10.3. The van der Waals surface area contributed by atoms with Crippen LogP contribution in [0.15, 0.2) is 42.5 Å². The van der Waals surface area contributed by atoms with E-state index in [0.29, 0.717) is 33.5 Å². The van der Waals surface area contributed by atoms with E-state index >= 15 is 0 Å². The van der Waals surface area contributed by atoms with E-state index in [0.717, 1.165) is 5.56 Å². The number of carbonyl (C=O) groups is 2. The zero-order valence-corrected chi connectivity index (χ0v) is 17.9. The summed E-state index contributed by atoms with van der Waals surface area (Å²) in [6, 6.07) is 10.4. The molecule has 1 aliphatic rings. The smallest absolute Gasteiger partial charge is 0.326 e. The van der Waals surface area contributed by atoms with Gasteiger partial charge in [0.05, 0.1) is 16.1 Å². The van der Waals surface area contributed by atoms with Crippen LogP contribution in [0.2, 0.25) is 15.1 Å². The summed E-state index contributed by atoms with van der Waals surface area (Å²) in [7, 11) is 0. The average Bonchev–Trinajstić information content (AvgIpc) is 2.69. The van der Waals surface area contributed by atoms with E-state index in [1.807, 2.05) is 6.92 Å². The third-order valence-electron chi connectivity index (χ3n) is 4.93. The van der Waals surface area contributed by atoms with Crippen LogP contribution in [0.5, 0.6) is 0 Å². The molecule has 1 heterocycles. The zero-order valence-electron chi connectivity index (χ0n) is 15.6. The van der Waals surface area contributed by atoms with E-state index in [-0.39, 0.29) is 12.5 Å². The second-order valence-corrected chi connectivity index (χ2v) is 8.10. The first-order chi connectivity index (χ1) is 13.8. The molecule has 0 aliphatic carbocycles. The predicted molar refractivity (Wildman–Crippen MR) is 113 cm³/mol. The van der Waals surface area contributed by atoms with Crippen LogP contribution in [0, 0.1) is 0 Å². The number of rotatable bonds is 6. The van der Waals surface area contributed by atoms with Crippen LogP contribution in [0.25, 0.3) is 0 Å². The first-order valence-electron chi connectivity index (χ1n) is 9.19. The number of halogens is 3. The number of benzene rings is 2. The van der Waals surface area contributed by atoms with Crippen molar-refractivity contribution in [3.05, 3.63) is 68.7 Å². The summed E-state index contributed by atoms with van der Waals surface area (Å²) >= 11 is 18.3. The minimum atomic E-state index is -1.05. The highest BCUT2D eigenvalue weighted by atomic mass is 35.5. The van der Waals surface area contributed by atoms with Crippen molar-refractivity contribution in [2.75, 3.05) is 6.61 Å². The monoisotopic (exact) mass is 455 g/mol. The molecule has 2 aromatic carbocycles. The SMILES string of the molecule is CCC[C@H](C(=O)O)N1C(=O)CO[C@@H](c2ccc(Cl)cc2)[C@H]1c1ccc(Cl)c(Cl)c1. The lowest BCUT2D eigenvalue weighted by Gasteiger charge is -2.44. The van der Waals surface area contributed by atoms with Gasteiger partial charge in [0.2, 0.25) is 5.91 Å². The van der Waals surface area contributed by atoms with Crippen LogP contribution in [0.3, 0.4) is 0 Å². The van der Waals surface area contributed by atoms with Gasteiger partial charge in [-0.15, -0.1) is 0 Å². The minimum Gasteiger partial charge on any atom is -0.480 e. The van der Waals surface area contributed by atoms with Crippen molar-refractivity contribution in [3.8, 4) is 0 Å². The number of ether oxygens (including phenoxy) is 1. The van der Waals surface area contributed by atoms with Crippen molar-refractivity contribution in [2.45, 2.75) is 38.0 Å². The summed E-state index contributed by atoms with van der Waals surface area (Å²) < 4.78 is 5.89. The van der Waals surface area contributed by atoms with E-state index in [1.54, 1.807) is 42.5 Å². The maximum atomic E-state index is 12.8. The van der Waals surface area contributed by atoms with Crippen molar-refractivity contribution in [2.24, 2.45) is 0 Å². The van der Waals surface area contributed by atoms with Crippen LogP contribution in [0.1, 0.15) is 43.0 Å². The normalized spacial score (nSPS) is 20.6. The molecule has 0 aromatic heterocycles. The number of amides is 1. The van der Waals surface area contributed by atoms with Crippen LogP contribution < -0.4 is 0 Å². The molecule has 1 aliphatic heterocycles. The van der Waals surface area contributed by atoms with Crippen molar-refractivity contribution in [3.63, 3.8) is 0 Å². The number of aliphatic carboxylic acids is 1. The molecule has 154 valence electrons. The Bertz CT molecular complexity index is 903. The number of carboxylic acid groups (broad SMARTS) is 1. The molecular formula is C21H20Cl3NO4. The number of morpholine rings is 1. The molecule has 0 saturated carbocycles. The molecule has 0 spiro atoms. The lowest BCUT2D eigenvalue weighted by Crippen LogP contribution is -2.53. The molecular weight excluding hydrogens is 437 g/mol. The topological polar surface area (TPSA) is 66.8 Å². The van der Waals surface area contributed by atoms with Gasteiger partial charge in [-0.3, -0.25) is 4.79 Å². The van der Waals surface area contributed by atoms with Gasteiger partial charge in [-0.2, -0.15) is 0 Å². The second-order valence-electron chi connectivity index (χ2n) is 6.85. The summed E-state index contributed by atoms with van der Waals surface area (Å²) in [6.07, 6.45) is 0.356. The first kappa shape index (κ1) is 21.9. The molecule has 5 nitrogen and oxygen atoms in total. The van der Waals surface area contributed by atoms with Crippen LogP contribution >= 0.6 is 34.8 Å². The third kappa shape index (κ3) is 4.69. The zero-order chi connectivity index (χ0) is 21.1. The fourth-order valence-electron chi connectivity index (χ4n) is 3.61. The third-order valence-corrected chi connectivity index (χ3v) is 5.92. The molecule has 2 aromatic rings. The Balaban J connectivity index is 2.14. The fourth-order valence-corrected chi connectivity index (χ4v) is 4.05. The Hall–Kier alpha value is -1.79. The average molecular weight is 457 g/mol. The van der Waals surface area contributed by atoms with E-state index in [9.17, 15) is 14.7 Å². The van der Waals surface area contributed by atoms with Crippen molar-refractivity contribution in [1.82, 2.24) is 4.90 Å². The van der Waals surface area contributed by atoms with Gasteiger partial charge in [0.1, 0.15) is 18.8 Å². The summed E-state index contributed by atoms with van der Waals surface area (Å²) in [6.45, 7) is 1.67. The number of nitrogens with zero attached hydrogens (tertiary/aromatic N) is 1. The van der Waals surface area contributed by atoms with Crippen LogP contribution in [-0.4, -0.2) is 34.5 Å². The summed E-state index contributed by atoms with van der Waals surface area (Å²) in [5.74, 6) is -1.44. The van der Waals surface area contributed by atoms with Gasteiger partial charge in [0.15, 0.2) is 0 Å². The van der Waals surface area contributed by atoms with Gasteiger partial charge in [-0.05, 0) is 41.8 Å². The molecule has 1 saturated heterocycles. The van der Waals surface area contributed by atoms with E-state index in [2.05, 4.69) is 0 Å². The molecule has 0 unspecified atom stereocenters. The maximum absolute atomic E-state index is 12.8. The fraction of sp³-hybridized carbons (Fsp3) is 0.333. The highest BCUT2D eigenvalue weighted by Gasteiger charge is 2.44. The van der Waals surface area contributed by atoms with Crippen molar-refractivity contribution >= 4 is 46.7 Å². The molecule has 0 radical (unpaired) electrons. The lowest BCUT2D eigenvalue weighted by atomic mass is 9.90. The summed E-state index contributed by atoms with van der Waals surface area (Å²) in [5.41, 5.74) is 1.43. The van der Waals surface area contributed by atoms with Crippen LogP contribution in [-0.2, 0) is 14.3 Å². The van der Waals surface area contributed by atoms with E-state index < -0.39 is 24.2 Å². The number of carbonyl (C=O) groups excluding carboxylic acids is 1. The molecule has 3 rings (SSSR count). The standard InChI is InChI=1S/C21H20Cl3NO4/c1-2-3-17(21(27)28)25-18(26)11-29-20(12-4-7-14(22)8-5-12)19(25)13-6-9-15(23)16(24)10-13/h4-10,17,19-20H,2-3,11H2,1H3,(H,27,28)/t17-,19-,20+/m1/s1. The molecule has 1 amide bonds. The maximum Gasteiger partial charge on any atom is 0.326 e. The van der Waals surface area contributed by atoms with Gasteiger partial charge in [-0.1, -0.05) is 66.3 Å². The molecule has 1 fully saturated rings. The van der Waals surface area contributed by atoms with Gasteiger partial charge in [-0.25, -0.2) is 4.79 Å². The number of hydrogen-bond donors (Lipinski definition) is 1. The van der Waals surface area contributed by atoms with E-state index in [1.165, 1.54) is 4.90 Å². The van der Waals surface area contributed by atoms with E-state index in [4.69, 9.17) is 39.5 Å². The summed E-state index contributed by atoms with van der Waals surface area (Å²) in [5, 5.41) is 11.1. The molecule has 8 heteroatoms. The van der Waals surface area contributed by atoms with Gasteiger partial charge in [0.25, 0.3) is 0 Å². The Morgan fingerprint density at radius 3 is 2.38 bits per heavy atom. The second kappa shape index (κ2) is 9.35. The molecule has 29 heavy (non-hydrogen) atoms. The molecule has 1 N–H and O–H groups in total. The Labute approximate surface area is 184 Å². The predicted octanol–water partition coefficient (Wildman–Crippen LogP) is 5.54. The quantitative estimate of drug-likeness (QED) is 0.619. The molecule has 3 atom stereocenters. The Morgan fingerprint density at radius 2 is 1.79 bits per heavy atom. The highest BCUT2D eigenvalue weighted by molar-refractivity contribution is 6.42. The summed E-state index contributed by atoms with van der Waals surface area (Å²) in [4.78, 5) is 26.3. The van der Waals surface area contributed by atoms with Gasteiger partial charge >= 0.3 is 5.97 Å². The van der Waals surface area contributed by atoms with Crippen LogP contribution in [0.4, 0.5) is 0 Å². The minimum absolute atomic E-state index is 0.210. The lowest BCUT2D eigenvalue weighted by molar-refractivity contribution is -0.171. The number of hydrogen-bond acceptors (Lipinski definition) is 3. The van der Waals surface area contributed by atoms with Crippen molar-refractivity contribution in [1.29, 1.82) is 0 Å². The Morgan fingerprint density at radius 1 is 1.14 bits per heavy atom. The largest absolute Gasteiger partial charge is 0.480 e.